The summed E-state index contributed by atoms with van der Waals surface area (Å²) in [6, 6.07) is 6.88. The predicted molar refractivity (Wildman–Crippen MR) is 101 cm³/mol. The molecule has 1 aromatic heterocycles. The van der Waals surface area contributed by atoms with Crippen LogP contribution in [0, 0.1) is 0 Å². The maximum absolute atomic E-state index is 12.7. The summed E-state index contributed by atoms with van der Waals surface area (Å²) in [5.41, 5.74) is 1.05. The molecule has 0 spiro atoms. The summed E-state index contributed by atoms with van der Waals surface area (Å²) in [7, 11) is 1.60. The van der Waals surface area contributed by atoms with Crippen LogP contribution in [0.3, 0.4) is 0 Å². The van der Waals surface area contributed by atoms with Crippen LogP contribution in [0.4, 0.5) is 0 Å². The number of halogens is 1. The van der Waals surface area contributed by atoms with Crippen molar-refractivity contribution in [3.05, 3.63) is 50.9 Å². The Bertz CT molecular complexity index is 778. The second-order valence-corrected chi connectivity index (χ2v) is 7.38. The van der Waals surface area contributed by atoms with E-state index in [-0.39, 0.29) is 11.8 Å². The number of hydrogen-bond acceptors (Lipinski definition) is 5. The fraction of sp³-hybridized carbons (Fsp3) is 0.389. The van der Waals surface area contributed by atoms with Crippen molar-refractivity contribution in [2.75, 3.05) is 33.3 Å². The van der Waals surface area contributed by atoms with Gasteiger partial charge in [-0.1, -0.05) is 11.6 Å². The molecule has 2 amide bonds. The van der Waals surface area contributed by atoms with Crippen LogP contribution in [0.2, 0.25) is 5.02 Å². The third-order valence-corrected chi connectivity index (χ3v) is 5.27. The minimum atomic E-state index is -0.0932. The van der Waals surface area contributed by atoms with Crippen molar-refractivity contribution < 1.29 is 14.3 Å². The van der Waals surface area contributed by atoms with E-state index in [1.807, 2.05) is 0 Å². The van der Waals surface area contributed by atoms with Gasteiger partial charge in [0.1, 0.15) is 10.7 Å². The molecule has 0 radical (unpaired) electrons. The Hall–Kier alpha value is -1.96. The molecule has 1 aromatic carbocycles. The van der Waals surface area contributed by atoms with Gasteiger partial charge in [0.25, 0.3) is 11.8 Å². The molecular formula is C18H20ClN3O3S. The SMILES string of the molecule is COCc1nc(C(=O)N2CCCN(C(=O)c3ccc(Cl)cc3)CC2)cs1. The summed E-state index contributed by atoms with van der Waals surface area (Å²) in [6.07, 6.45) is 0.736. The number of thiazole rings is 1. The van der Waals surface area contributed by atoms with E-state index in [0.717, 1.165) is 11.4 Å². The van der Waals surface area contributed by atoms with Crippen LogP contribution < -0.4 is 0 Å². The van der Waals surface area contributed by atoms with Crippen molar-refractivity contribution in [2.45, 2.75) is 13.0 Å². The largest absolute Gasteiger partial charge is 0.378 e. The highest BCUT2D eigenvalue weighted by Crippen LogP contribution is 2.16. The van der Waals surface area contributed by atoms with Crippen LogP contribution in [0.1, 0.15) is 32.3 Å². The van der Waals surface area contributed by atoms with E-state index in [9.17, 15) is 9.59 Å². The van der Waals surface area contributed by atoms with E-state index >= 15 is 0 Å². The highest BCUT2D eigenvalue weighted by molar-refractivity contribution is 7.09. The highest BCUT2D eigenvalue weighted by Gasteiger charge is 2.24. The first-order chi connectivity index (χ1) is 12.6. The van der Waals surface area contributed by atoms with Gasteiger partial charge in [-0.3, -0.25) is 9.59 Å². The molecule has 1 fully saturated rings. The van der Waals surface area contributed by atoms with Gasteiger partial charge in [-0.2, -0.15) is 0 Å². The van der Waals surface area contributed by atoms with Gasteiger partial charge in [-0.25, -0.2) is 4.98 Å². The Morgan fingerprint density at radius 2 is 1.77 bits per heavy atom. The van der Waals surface area contributed by atoms with Crippen molar-refractivity contribution in [3.63, 3.8) is 0 Å². The average Bonchev–Trinajstić information content (AvgIpc) is 2.97. The Morgan fingerprint density at radius 3 is 2.42 bits per heavy atom. The molecule has 8 heteroatoms. The molecule has 138 valence electrons. The first kappa shape index (κ1) is 18.8. The number of rotatable bonds is 4. The van der Waals surface area contributed by atoms with Crippen molar-refractivity contribution >= 4 is 34.8 Å². The number of aromatic nitrogens is 1. The third-order valence-electron chi connectivity index (χ3n) is 4.20. The van der Waals surface area contributed by atoms with Crippen LogP contribution in [0.15, 0.2) is 29.6 Å². The number of hydrogen-bond donors (Lipinski definition) is 0. The minimum Gasteiger partial charge on any atom is -0.378 e. The number of amides is 2. The Morgan fingerprint density at radius 1 is 1.12 bits per heavy atom. The monoisotopic (exact) mass is 393 g/mol. The summed E-state index contributed by atoms with van der Waals surface area (Å²) in [5.74, 6) is -0.128. The van der Waals surface area contributed by atoms with Gasteiger partial charge in [-0.15, -0.1) is 11.3 Å². The zero-order chi connectivity index (χ0) is 18.5. The first-order valence-corrected chi connectivity index (χ1v) is 9.61. The molecule has 2 heterocycles. The van der Waals surface area contributed by atoms with E-state index in [1.54, 1.807) is 46.6 Å². The average molecular weight is 394 g/mol. The Kier molecular flexibility index (Phi) is 6.24. The van der Waals surface area contributed by atoms with Crippen LogP contribution in [0.5, 0.6) is 0 Å². The Labute approximate surface area is 161 Å². The number of ether oxygens (including phenoxy) is 1. The molecule has 1 saturated heterocycles. The van der Waals surface area contributed by atoms with Gasteiger partial charge in [0.2, 0.25) is 0 Å². The lowest BCUT2D eigenvalue weighted by Crippen LogP contribution is -2.37. The topological polar surface area (TPSA) is 62.7 Å². The number of nitrogens with zero attached hydrogens (tertiary/aromatic N) is 3. The number of benzene rings is 1. The maximum atomic E-state index is 12.7. The first-order valence-electron chi connectivity index (χ1n) is 8.36. The molecule has 1 aliphatic heterocycles. The standard InChI is InChI=1S/C18H20ClN3O3S/c1-25-11-16-20-15(12-26-16)18(24)22-8-2-7-21(9-10-22)17(23)13-3-5-14(19)6-4-13/h3-6,12H,2,7-11H2,1H3. The molecule has 0 unspecified atom stereocenters. The maximum Gasteiger partial charge on any atom is 0.273 e. The lowest BCUT2D eigenvalue weighted by Gasteiger charge is -2.22. The van der Waals surface area contributed by atoms with E-state index in [1.165, 1.54) is 11.3 Å². The van der Waals surface area contributed by atoms with Crippen molar-refractivity contribution in [1.29, 1.82) is 0 Å². The van der Waals surface area contributed by atoms with Crippen molar-refractivity contribution in [1.82, 2.24) is 14.8 Å². The van der Waals surface area contributed by atoms with Crippen molar-refractivity contribution in [3.8, 4) is 0 Å². The molecule has 2 aromatic rings. The Balaban J connectivity index is 1.62. The zero-order valence-corrected chi connectivity index (χ0v) is 16.1. The van der Waals surface area contributed by atoms with Gasteiger partial charge in [0.05, 0.1) is 6.61 Å². The quantitative estimate of drug-likeness (QED) is 0.801. The lowest BCUT2D eigenvalue weighted by molar-refractivity contribution is 0.0716. The number of methoxy groups -OCH3 is 1. The fourth-order valence-electron chi connectivity index (χ4n) is 2.86. The smallest absolute Gasteiger partial charge is 0.273 e. The van der Waals surface area contributed by atoms with E-state index in [2.05, 4.69) is 4.98 Å². The summed E-state index contributed by atoms with van der Waals surface area (Å²) in [6.45, 7) is 2.64. The van der Waals surface area contributed by atoms with Crippen LogP contribution in [-0.4, -0.2) is 59.9 Å². The molecular weight excluding hydrogens is 374 g/mol. The third kappa shape index (κ3) is 4.41. The molecule has 0 atom stereocenters. The summed E-state index contributed by atoms with van der Waals surface area (Å²) >= 11 is 7.30. The molecule has 1 aliphatic rings. The van der Waals surface area contributed by atoms with Crippen LogP contribution in [-0.2, 0) is 11.3 Å². The zero-order valence-electron chi connectivity index (χ0n) is 14.5. The highest BCUT2D eigenvalue weighted by atomic mass is 35.5. The van der Waals surface area contributed by atoms with E-state index in [0.29, 0.717) is 49.1 Å². The molecule has 0 bridgehead atoms. The fourth-order valence-corrected chi connectivity index (χ4v) is 3.72. The normalized spacial score (nSPS) is 15.0. The molecule has 6 nitrogen and oxygen atoms in total. The molecule has 0 saturated carbocycles. The summed E-state index contributed by atoms with van der Waals surface area (Å²) < 4.78 is 5.05. The van der Waals surface area contributed by atoms with E-state index < -0.39 is 0 Å². The minimum absolute atomic E-state index is 0.0352. The van der Waals surface area contributed by atoms with Gasteiger partial charge in [-0.05, 0) is 30.7 Å². The molecule has 0 N–H and O–H groups in total. The number of carbonyl (C=O) groups excluding carboxylic acids is 2. The summed E-state index contributed by atoms with van der Waals surface area (Å²) in [5, 5.41) is 3.15. The molecule has 26 heavy (non-hydrogen) atoms. The van der Waals surface area contributed by atoms with Crippen LogP contribution >= 0.6 is 22.9 Å². The van der Waals surface area contributed by atoms with Crippen LogP contribution in [0.25, 0.3) is 0 Å². The second kappa shape index (κ2) is 8.62. The van der Waals surface area contributed by atoms with Gasteiger partial charge >= 0.3 is 0 Å². The van der Waals surface area contributed by atoms with Gasteiger partial charge < -0.3 is 14.5 Å². The molecule has 3 rings (SSSR count). The van der Waals surface area contributed by atoms with Crippen molar-refractivity contribution in [2.24, 2.45) is 0 Å². The molecule has 0 aliphatic carbocycles. The predicted octanol–water partition coefficient (Wildman–Crippen LogP) is 2.93. The van der Waals surface area contributed by atoms with Gasteiger partial charge in [0, 0.05) is 49.3 Å². The number of carbonyl (C=O) groups is 2. The summed E-state index contributed by atoms with van der Waals surface area (Å²) in [4.78, 5) is 33.2. The lowest BCUT2D eigenvalue weighted by atomic mass is 10.2. The van der Waals surface area contributed by atoms with E-state index in [4.69, 9.17) is 16.3 Å². The van der Waals surface area contributed by atoms with Gasteiger partial charge in [0.15, 0.2) is 0 Å². The second-order valence-electron chi connectivity index (χ2n) is 6.00.